The van der Waals surface area contributed by atoms with Gasteiger partial charge >= 0.3 is 29.8 Å². The van der Waals surface area contributed by atoms with E-state index in [1.807, 2.05) is 32.9 Å². The zero-order valence-corrected chi connectivity index (χ0v) is 39.5. The molecule has 12 nitrogen and oxygen atoms in total. The fourth-order valence-electron chi connectivity index (χ4n) is 8.25. The van der Waals surface area contributed by atoms with Crippen LogP contribution in [0.2, 0.25) is 0 Å². The van der Waals surface area contributed by atoms with Crippen molar-refractivity contribution in [1.29, 1.82) is 0 Å². The Labute approximate surface area is 391 Å². The topological polar surface area (TPSA) is 150 Å². The summed E-state index contributed by atoms with van der Waals surface area (Å²) in [7, 11) is 0. The summed E-state index contributed by atoms with van der Waals surface area (Å²) in [6, 6.07) is 19.2. The summed E-state index contributed by atoms with van der Waals surface area (Å²) in [5.74, 6) is 0.0373. The van der Waals surface area contributed by atoms with Crippen molar-refractivity contribution >= 4 is 29.8 Å². The molecule has 0 saturated heterocycles. The van der Waals surface area contributed by atoms with Gasteiger partial charge in [-0.15, -0.1) is 0 Å². The van der Waals surface area contributed by atoms with E-state index in [4.69, 9.17) is 33.2 Å². The van der Waals surface area contributed by atoms with Gasteiger partial charge in [0.15, 0.2) is 0 Å². The number of esters is 5. The van der Waals surface area contributed by atoms with E-state index < -0.39 is 11.4 Å². The normalized spacial score (nSPS) is 18.3. The van der Waals surface area contributed by atoms with E-state index in [2.05, 4.69) is 13.5 Å². The fraction of sp³-hybridized carbons (Fsp3) is 0.537. The molecule has 5 rings (SSSR count). The predicted octanol–water partition coefficient (Wildman–Crippen LogP) is 11.6. The summed E-state index contributed by atoms with van der Waals surface area (Å²) in [4.78, 5) is 63.9. The van der Waals surface area contributed by atoms with E-state index in [1.165, 1.54) is 19.3 Å². The second kappa shape index (κ2) is 26.5. The first-order chi connectivity index (χ1) is 31.8. The van der Waals surface area contributed by atoms with Gasteiger partial charge in [-0.3, -0.25) is 19.2 Å². The molecule has 0 heterocycles. The summed E-state index contributed by atoms with van der Waals surface area (Å²) in [6.45, 7) is 13.2. The second-order valence-corrected chi connectivity index (χ2v) is 18.5. The lowest BCUT2D eigenvalue weighted by Crippen LogP contribution is -2.31. The molecule has 0 amide bonds. The molecule has 0 atom stereocenters. The molecule has 3 aromatic rings. The number of carbonyl (C=O) groups excluding carboxylic acids is 5. The third-order valence-corrected chi connectivity index (χ3v) is 12.3. The molecule has 0 bridgehead atoms. The largest absolute Gasteiger partial charge is 0.494 e. The summed E-state index contributed by atoms with van der Waals surface area (Å²) in [5, 5.41) is 0. The van der Waals surface area contributed by atoms with Crippen LogP contribution < -0.4 is 28.4 Å². The molecule has 2 fully saturated rings. The second-order valence-electron chi connectivity index (χ2n) is 18.5. The van der Waals surface area contributed by atoms with Crippen molar-refractivity contribution in [3.8, 4) is 34.5 Å². The number of rotatable bonds is 24. The maximum atomic E-state index is 13.5. The number of benzene rings is 3. The first-order valence-electron chi connectivity index (χ1n) is 24.1. The Morgan fingerprint density at radius 2 is 0.864 bits per heavy atom. The molecule has 0 aliphatic heterocycles. The SMILES string of the molecule is C=CC(=O)OCCCCCCOc1ccc(OC(=O)C2CCC(C(=O)Oc3ccc(OC(=O)C4CCC(C(=O)Oc5ccc(OCCCCCCC)cc5)CC4)cc3C(C)(C)C)CC2)cc1. The Morgan fingerprint density at radius 1 is 0.500 bits per heavy atom. The maximum Gasteiger partial charge on any atom is 0.330 e. The Hall–Kier alpha value is -5.65. The van der Waals surface area contributed by atoms with E-state index in [9.17, 15) is 24.0 Å². The Bertz CT molecular complexity index is 2020. The molecule has 12 heteroatoms. The monoisotopic (exact) mass is 910 g/mol. The van der Waals surface area contributed by atoms with Crippen molar-refractivity contribution in [2.75, 3.05) is 19.8 Å². The molecule has 358 valence electrons. The van der Waals surface area contributed by atoms with Crippen LogP contribution in [-0.2, 0) is 34.1 Å². The van der Waals surface area contributed by atoms with Gasteiger partial charge in [0, 0.05) is 11.6 Å². The third-order valence-electron chi connectivity index (χ3n) is 12.3. The lowest BCUT2D eigenvalue weighted by Gasteiger charge is -2.28. The van der Waals surface area contributed by atoms with Crippen LogP contribution in [0.25, 0.3) is 0 Å². The first kappa shape index (κ1) is 51.3. The first-order valence-corrected chi connectivity index (χ1v) is 24.1. The number of ether oxygens (including phenoxy) is 7. The zero-order valence-electron chi connectivity index (χ0n) is 39.5. The van der Waals surface area contributed by atoms with Gasteiger partial charge in [0.25, 0.3) is 0 Å². The van der Waals surface area contributed by atoms with Crippen LogP contribution in [0.15, 0.2) is 79.4 Å². The lowest BCUT2D eigenvalue weighted by molar-refractivity contribution is -0.145. The predicted molar refractivity (Wildman–Crippen MR) is 251 cm³/mol. The minimum Gasteiger partial charge on any atom is -0.494 e. The number of hydrogen-bond acceptors (Lipinski definition) is 12. The highest BCUT2D eigenvalue weighted by atomic mass is 16.6. The van der Waals surface area contributed by atoms with Crippen molar-refractivity contribution in [2.24, 2.45) is 23.7 Å². The Balaban J connectivity index is 1.00. The third kappa shape index (κ3) is 17.0. The average Bonchev–Trinajstić information content (AvgIpc) is 3.32. The average molecular weight is 911 g/mol. The highest BCUT2D eigenvalue weighted by Crippen LogP contribution is 2.38. The van der Waals surface area contributed by atoms with Gasteiger partial charge in [0.1, 0.15) is 34.5 Å². The number of carbonyl (C=O) groups is 5. The van der Waals surface area contributed by atoms with Gasteiger partial charge < -0.3 is 33.2 Å². The quantitative estimate of drug-likeness (QED) is 0.0364. The highest BCUT2D eigenvalue weighted by Gasteiger charge is 2.35. The number of hydrogen-bond donors (Lipinski definition) is 0. The van der Waals surface area contributed by atoms with Crippen LogP contribution >= 0.6 is 0 Å². The standard InChI is InChI=1S/C54H70O12/c1-6-8-9-10-13-34-60-42-24-28-44(29-25-42)63-50(56)38-16-18-40(19-17-38)52(58)65-46-32-33-48(47(37-46)54(3,4)5)66-53(59)41-22-20-39(21-23-41)51(57)64-45-30-26-43(27-31-45)61-35-14-11-12-15-36-62-49(55)7-2/h7,24-33,37-41H,2,6,8-23,34-36H2,1,3-5H3. The Morgan fingerprint density at radius 3 is 1.27 bits per heavy atom. The minimum absolute atomic E-state index is 0.297. The molecule has 0 spiro atoms. The van der Waals surface area contributed by atoms with E-state index in [0.29, 0.717) is 99.9 Å². The van der Waals surface area contributed by atoms with Crippen LogP contribution in [0.3, 0.4) is 0 Å². The number of unbranched alkanes of at least 4 members (excludes halogenated alkanes) is 7. The van der Waals surface area contributed by atoms with Crippen LogP contribution in [0.1, 0.15) is 142 Å². The van der Waals surface area contributed by atoms with Gasteiger partial charge in [-0.05, 0) is 156 Å². The maximum absolute atomic E-state index is 13.5. The smallest absolute Gasteiger partial charge is 0.330 e. The molecule has 0 aromatic heterocycles. The van der Waals surface area contributed by atoms with Crippen LogP contribution in [0, 0.1) is 23.7 Å². The van der Waals surface area contributed by atoms with Crippen molar-refractivity contribution in [3.63, 3.8) is 0 Å². The van der Waals surface area contributed by atoms with Crippen molar-refractivity contribution < 1.29 is 57.1 Å². The van der Waals surface area contributed by atoms with Gasteiger partial charge in [0.05, 0.1) is 43.5 Å². The lowest BCUT2D eigenvalue weighted by atomic mass is 9.82. The molecule has 0 N–H and O–H groups in total. The molecular weight excluding hydrogens is 841 g/mol. The van der Waals surface area contributed by atoms with Crippen LogP contribution in [0.4, 0.5) is 0 Å². The molecule has 2 aliphatic rings. The molecular formula is C54H70O12. The molecule has 0 unspecified atom stereocenters. The van der Waals surface area contributed by atoms with Gasteiger partial charge in [-0.1, -0.05) is 60.0 Å². The molecule has 2 aliphatic carbocycles. The minimum atomic E-state index is -0.436. The van der Waals surface area contributed by atoms with Gasteiger partial charge in [-0.2, -0.15) is 0 Å². The Kier molecular flexibility index (Phi) is 20.6. The van der Waals surface area contributed by atoms with Crippen LogP contribution in [-0.4, -0.2) is 49.7 Å². The summed E-state index contributed by atoms with van der Waals surface area (Å²) in [6.07, 6.45) is 14.6. The fourth-order valence-corrected chi connectivity index (χ4v) is 8.25. The van der Waals surface area contributed by atoms with E-state index >= 15 is 0 Å². The highest BCUT2D eigenvalue weighted by molar-refractivity contribution is 5.81. The van der Waals surface area contributed by atoms with E-state index in [0.717, 1.165) is 55.9 Å². The molecule has 3 aromatic carbocycles. The van der Waals surface area contributed by atoms with Crippen LogP contribution in [0.5, 0.6) is 34.5 Å². The molecule has 2 saturated carbocycles. The summed E-state index contributed by atoms with van der Waals surface area (Å²) in [5.41, 5.74) is 0.290. The van der Waals surface area contributed by atoms with Crippen molar-refractivity contribution in [1.82, 2.24) is 0 Å². The van der Waals surface area contributed by atoms with E-state index in [1.54, 1.807) is 54.6 Å². The zero-order chi connectivity index (χ0) is 47.3. The molecule has 66 heavy (non-hydrogen) atoms. The molecule has 0 radical (unpaired) electrons. The summed E-state index contributed by atoms with van der Waals surface area (Å²) >= 11 is 0. The van der Waals surface area contributed by atoms with Crippen molar-refractivity contribution in [3.05, 3.63) is 84.9 Å². The van der Waals surface area contributed by atoms with Crippen molar-refractivity contribution in [2.45, 2.75) is 142 Å². The van der Waals surface area contributed by atoms with E-state index in [-0.39, 0.29) is 47.5 Å². The van der Waals surface area contributed by atoms with Gasteiger partial charge in [0.2, 0.25) is 0 Å². The van der Waals surface area contributed by atoms with Gasteiger partial charge in [-0.25, -0.2) is 4.79 Å². The summed E-state index contributed by atoms with van der Waals surface area (Å²) < 4.78 is 39.8.